The molecule has 0 radical (unpaired) electrons. The number of hydrogen-bond acceptors (Lipinski definition) is 3. The fourth-order valence-electron chi connectivity index (χ4n) is 1.68. The van der Waals surface area contributed by atoms with Crippen molar-refractivity contribution in [2.45, 2.75) is 26.4 Å². The van der Waals surface area contributed by atoms with Crippen LogP contribution in [0, 0.1) is 11.8 Å². The molecule has 1 heterocycles. The summed E-state index contributed by atoms with van der Waals surface area (Å²) < 4.78 is 10.5. The highest BCUT2D eigenvalue weighted by molar-refractivity contribution is 5.67. The zero-order valence-corrected chi connectivity index (χ0v) is 11.5. The molecule has 0 aromatic heterocycles. The molecule has 18 heavy (non-hydrogen) atoms. The molecule has 1 aliphatic rings. The largest absolute Gasteiger partial charge is 0.442 e. The predicted octanol–water partition coefficient (Wildman–Crippen LogP) is -0.197. The molecule has 1 fully saturated rings. The quantitative estimate of drug-likeness (QED) is 0.430. The van der Waals surface area contributed by atoms with Crippen molar-refractivity contribution in [1.29, 1.82) is 0 Å². The lowest BCUT2D eigenvalue weighted by atomic mass is 9.99. The van der Waals surface area contributed by atoms with Crippen LogP contribution >= 0.6 is 0 Å². The van der Waals surface area contributed by atoms with Gasteiger partial charge in [0.2, 0.25) is 0 Å². The molecule has 0 aromatic carbocycles. The molecule has 0 aromatic rings. The molecule has 0 amide bonds. The molecule has 0 bridgehead atoms. The monoisotopic (exact) mass is 252 g/mol. The first-order valence-electron chi connectivity index (χ1n) is 6.21. The minimum absolute atomic E-state index is 0.339. The minimum Gasteiger partial charge on any atom is -0.442 e. The summed E-state index contributed by atoms with van der Waals surface area (Å²) in [6.45, 7) is 13.1. The maximum atomic E-state index is 11.1. The molecule has 1 N–H and O–H groups in total. The van der Waals surface area contributed by atoms with E-state index in [2.05, 4.69) is 18.4 Å². The number of esters is 1. The summed E-state index contributed by atoms with van der Waals surface area (Å²) in [5, 5.41) is 0. The summed E-state index contributed by atoms with van der Waals surface area (Å²) in [7, 11) is 0. The molecule has 4 heteroatoms. The maximum Gasteiger partial charge on any atom is 0.304 e. The van der Waals surface area contributed by atoms with Crippen LogP contribution in [0.5, 0.6) is 0 Å². The van der Waals surface area contributed by atoms with Gasteiger partial charge in [-0.15, -0.1) is 0 Å². The van der Waals surface area contributed by atoms with Gasteiger partial charge < -0.3 is 14.4 Å². The van der Waals surface area contributed by atoms with Crippen molar-refractivity contribution in [2.24, 2.45) is 0 Å². The van der Waals surface area contributed by atoms with E-state index >= 15 is 0 Å². The zero-order chi connectivity index (χ0) is 13.6. The molecular formula is C14H22NO3+. The molecule has 1 saturated heterocycles. The third-order valence-electron chi connectivity index (χ3n) is 3.03. The van der Waals surface area contributed by atoms with Crippen molar-refractivity contribution in [3.63, 3.8) is 0 Å². The molecule has 1 rings (SSSR count). The van der Waals surface area contributed by atoms with Crippen molar-refractivity contribution < 1.29 is 19.2 Å². The van der Waals surface area contributed by atoms with E-state index in [-0.39, 0.29) is 5.97 Å². The van der Waals surface area contributed by atoms with E-state index in [0.717, 1.165) is 38.4 Å². The first-order valence-corrected chi connectivity index (χ1v) is 6.21. The van der Waals surface area contributed by atoms with Gasteiger partial charge in [0.05, 0.1) is 13.2 Å². The second-order valence-electron chi connectivity index (χ2n) is 4.75. The van der Waals surface area contributed by atoms with Gasteiger partial charge in [-0.3, -0.25) is 4.79 Å². The summed E-state index contributed by atoms with van der Waals surface area (Å²) in [6.07, 6.45) is 0. The fourth-order valence-corrected chi connectivity index (χ4v) is 1.68. The molecule has 0 spiro atoms. The van der Waals surface area contributed by atoms with Gasteiger partial charge in [-0.05, 0) is 31.3 Å². The second-order valence-corrected chi connectivity index (χ2v) is 4.75. The van der Waals surface area contributed by atoms with Gasteiger partial charge in [-0.1, -0.05) is 6.58 Å². The Bertz CT molecular complexity index is 374. The lowest BCUT2D eigenvalue weighted by molar-refractivity contribution is -0.900. The van der Waals surface area contributed by atoms with Crippen LogP contribution in [0.1, 0.15) is 20.8 Å². The lowest BCUT2D eigenvalue weighted by Crippen LogP contribution is -3.14. The Morgan fingerprint density at radius 1 is 1.44 bits per heavy atom. The Hall–Kier alpha value is -1.31. The van der Waals surface area contributed by atoms with Gasteiger partial charge in [0, 0.05) is 6.92 Å². The van der Waals surface area contributed by atoms with Crippen LogP contribution in [0.25, 0.3) is 0 Å². The molecule has 0 unspecified atom stereocenters. The Morgan fingerprint density at radius 2 is 2.06 bits per heavy atom. The number of morpholine rings is 1. The normalized spacial score (nSPS) is 19.3. The Kier molecular flexibility index (Phi) is 5.39. The van der Waals surface area contributed by atoms with Crippen LogP contribution in [0.4, 0.5) is 0 Å². The van der Waals surface area contributed by atoms with Crippen molar-refractivity contribution in [3.05, 3.63) is 12.2 Å². The molecular weight excluding hydrogens is 230 g/mol. The number of ether oxygens (including phenoxy) is 2. The second kappa shape index (κ2) is 6.58. The number of nitrogens with one attached hydrogen (secondary N) is 1. The highest BCUT2D eigenvalue weighted by Gasteiger charge is 2.26. The standard InChI is InChI=1S/C14H21NO3/c1-12(2)14(4,18-13(3)16)6-5-7-15-8-10-17-11-9-15/h1,7-11H2,2-4H3/p+1/t14-/m0/s1. The van der Waals surface area contributed by atoms with Crippen LogP contribution in [0.3, 0.4) is 0 Å². The third-order valence-corrected chi connectivity index (χ3v) is 3.03. The third kappa shape index (κ3) is 4.52. The van der Waals surface area contributed by atoms with E-state index < -0.39 is 5.60 Å². The Morgan fingerprint density at radius 3 is 2.56 bits per heavy atom. The number of rotatable bonds is 3. The van der Waals surface area contributed by atoms with E-state index in [1.165, 1.54) is 11.8 Å². The Labute approximate surface area is 109 Å². The van der Waals surface area contributed by atoms with Crippen molar-refractivity contribution in [1.82, 2.24) is 0 Å². The smallest absolute Gasteiger partial charge is 0.304 e. The summed E-state index contributed by atoms with van der Waals surface area (Å²) in [5.41, 5.74) is -0.139. The molecule has 4 nitrogen and oxygen atoms in total. The van der Waals surface area contributed by atoms with Gasteiger partial charge in [0.1, 0.15) is 19.6 Å². The average Bonchev–Trinajstić information content (AvgIpc) is 2.29. The van der Waals surface area contributed by atoms with E-state index in [9.17, 15) is 4.79 Å². The zero-order valence-electron chi connectivity index (χ0n) is 11.5. The van der Waals surface area contributed by atoms with Crippen LogP contribution in [0.2, 0.25) is 0 Å². The Balaban J connectivity index is 2.60. The lowest BCUT2D eigenvalue weighted by Gasteiger charge is -2.24. The minimum atomic E-state index is -0.877. The topological polar surface area (TPSA) is 40.0 Å². The number of carbonyl (C=O) groups excluding carboxylic acids is 1. The van der Waals surface area contributed by atoms with Gasteiger partial charge >= 0.3 is 5.97 Å². The van der Waals surface area contributed by atoms with Gasteiger partial charge in [-0.2, -0.15) is 0 Å². The van der Waals surface area contributed by atoms with Crippen molar-refractivity contribution in [2.75, 3.05) is 32.8 Å². The van der Waals surface area contributed by atoms with Crippen LogP contribution < -0.4 is 4.90 Å². The fraction of sp³-hybridized carbons (Fsp3) is 0.643. The van der Waals surface area contributed by atoms with E-state index in [0.29, 0.717) is 0 Å². The van der Waals surface area contributed by atoms with Gasteiger partial charge in [-0.25, -0.2) is 0 Å². The summed E-state index contributed by atoms with van der Waals surface area (Å²) >= 11 is 0. The van der Waals surface area contributed by atoms with Crippen molar-refractivity contribution >= 4 is 5.97 Å². The first kappa shape index (κ1) is 14.7. The van der Waals surface area contributed by atoms with Gasteiger partial charge in [0.15, 0.2) is 5.60 Å². The van der Waals surface area contributed by atoms with E-state index in [1.807, 2.05) is 6.92 Å². The van der Waals surface area contributed by atoms with E-state index in [1.54, 1.807) is 6.92 Å². The number of quaternary nitrogens is 1. The summed E-state index contributed by atoms with van der Waals surface area (Å²) in [6, 6.07) is 0. The van der Waals surface area contributed by atoms with Crippen molar-refractivity contribution in [3.8, 4) is 11.8 Å². The maximum absolute atomic E-state index is 11.1. The summed E-state index contributed by atoms with van der Waals surface area (Å²) in [5.74, 6) is 5.78. The summed E-state index contributed by atoms with van der Waals surface area (Å²) in [4.78, 5) is 12.5. The highest BCUT2D eigenvalue weighted by atomic mass is 16.6. The van der Waals surface area contributed by atoms with Crippen LogP contribution in [-0.4, -0.2) is 44.4 Å². The van der Waals surface area contributed by atoms with Gasteiger partial charge in [0.25, 0.3) is 0 Å². The predicted molar refractivity (Wildman–Crippen MR) is 69.1 cm³/mol. The molecule has 1 aliphatic heterocycles. The molecule has 1 atom stereocenters. The average molecular weight is 252 g/mol. The SMILES string of the molecule is C=C(C)[C@](C)(C#CC[NH+]1CCOCC1)OC(C)=O. The first-order chi connectivity index (χ1) is 8.44. The molecule has 0 aliphatic carbocycles. The van der Waals surface area contributed by atoms with Crippen LogP contribution in [0.15, 0.2) is 12.2 Å². The molecule has 0 saturated carbocycles. The molecule has 100 valence electrons. The number of hydrogen-bond donors (Lipinski definition) is 1. The van der Waals surface area contributed by atoms with E-state index in [4.69, 9.17) is 9.47 Å². The van der Waals surface area contributed by atoms with Crippen LogP contribution in [-0.2, 0) is 14.3 Å². The number of carbonyl (C=O) groups is 1. The highest BCUT2D eigenvalue weighted by Crippen LogP contribution is 2.18.